The summed E-state index contributed by atoms with van der Waals surface area (Å²) in [5.41, 5.74) is 0.990. The van der Waals surface area contributed by atoms with Crippen LogP contribution in [0.5, 0.6) is 11.5 Å². The Bertz CT molecular complexity index is 952. The molecule has 3 rings (SSSR count). The number of rotatable bonds is 6. The predicted molar refractivity (Wildman–Crippen MR) is 101 cm³/mol. The molecule has 0 fully saturated rings. The van der Waals surface area contributed by atoms with Crippen LogP contribution in [0, 0.1) is 0 Å². The van der Waals surface area contributed by atoms with Gasteiger partial charge in [-0.15, -0.1) is 0 Å². The number of amides is 1. The number of ether oxygens (including phenoxy) is 2. The predicted octanol–water partition coefficient (Wildman–Crippen LogP) is 4.07. The third-order valence-corrected chi connectivity index (χ3v) is 4.09. The maximum absolute atomic E-state index is 12.5. The fourth-order valence-corrected chi connectivity index (χ4v) is 2.73. The summed E-state index contributed by atoms with van der Waals surface area (Å²) in [6.45, 7) is 1.63. The molecule has 0 spiro atoms. The van der Waals surface area contributed by atoms with Crippen molar-refractivity contribution in [2.24, 2.45) is 0 Å². The van der Waals surface area contributed by atoms with Crippen LogP contribution in [0.4, 0.5) is 5.69 Å². The quantitative estimate of drug-likeness (QED) is 0.682. The molecule has 0 unspecified atom stereocenters. The minimum Gasteiger partial charge on any atom is -0.495 e. The van der Waals surface area contributed by atoms with Gasteiger partial charge in [-0.1, -0.05) is 42.5 Å². The Labute approximate surface area is 151 Å². The van der Waals surface area contributed by atoms with Gasteiger partial charge in [0.15, 0.2) is 12.4 Å². The number of benzene rings is 3. The van der Waals surface area contributed by atoms with Gasteiger partial charge in [0.25, 0.3) is 5.91 Å². The maximum Gasteiger partial charge on any atom is 0.265 e. The van der Waals surface area contributed by atoms with Gasteiger partial charge in [-0.05, 0) is 35.9 Å². The van der Waals surface area contributed by atoms with E-state index < -0.39 is 6.10 Å². The Morgan fingerprint density at radius 1 is 1.00 bits per heavy atom. The summed E-state index contributed by atoms with van der Waals surface area (Å²) >= 11 is 0. The van der Waals surface area contributed by atoms with E-state index in [0.717, 1.165) is 17.1 Å². The maximum atomic E-state index is 12.5. The van der Waals surface area contributed by atoms with Gasteiger partial charge in [-0.2, -0.15) is 0 Å². The molecule has 1 amide bonds. The van der Waals surface area contributed by atoms with Gasteiger partial charge in [0.1, 0.15) is 11.5 Å². The summed E-state index contributed by atoms with van der Waals surface area (Å²) < 4.78 is 11.0. The molecule has 1 atom stereocenters. The first-order chi connectivity index (χ1) is 12.6. The van der Waals surface area contributed by atoms with Crippen molar-refractivity contribution in [1.82, 2.24) is 0 Å². The molecule has 0 aromatic heterocycles. The first-order valence-electron chi connectivity index (χ1n) is 8.21. The molecule has 3 aromatic carbocycles. The molecule has 132 valence electrons. The molecule has 0 heterocycles. The minimum atomic E-state index is -0.792. The largest absolute Gasteiger partial charge is 0.495 e. The van der Waals surface area contributed by atoms with Crippen molar-refractivity contribution in [3.05, 3.63) is 66.2 Å². The number of fused-ring (bicyclic) bond motifs is 1. The highest BCUT2D eigenvalue weighted by Crippen LogP contribution is 2.28. The van der Waals surface area contributed by atoms with E-state index in [0.29, 0.717) is 22.7 Å². The average molecular weight is 349 g/mol. The summed E-state index contributed by atoms with van der Waals surface area (Å²) in [5, 5.41) is 4.51. The summed E-state index contributed by atoms with van der Waals surface area (Å²) in [6, 6.07) is 18.2. The molecule has 0 aliphatic heterocycles. The molecule has 0 bridgehead atoms. The number of carbonyl (C=O) groups is 2. The van der Waals surface area contributed by atoms with E-state index in [1.807, 2.05) is 36.4 Å². The van der Waals surface area contributed by atoms with Gasteiger partial charge in [-0.25, -0.2) is 0 Å². The lowest BCUT2D eigenvalue weighted by Crippen LogP contribution is -2.30. The number of nitrogens with one attached hydrogen (secondary N) is 1. The number of hydrogen-bond donors (Lipinski definition) is 1. The Morgan fingerprint density at radius 3 is 2.50 bits per heavy atom. The van der Waals surface area contributed by atoms with Gasteiger partial charge >= 0.3 is 0 Å². The monoisotopic (exact) mass is 349 g/mol. The van der Waals surface area contributed by atoms with E-state index in [4.69, 9.17) is 9.47 Å². The van der Waals surface area contributed by atoms with E-state index >= 15 is 0 Å². The van der Waals surface area contributed by atoms with Crippen LogP contribution in [-0.4, -0.2) is 25.4 Å². The summed E-state index contributed by atoms with van der Waals surface area (Å²) in [4.78, 5) is 24.0. The van der Waals surface area contributed by atoms with E-state index in [2.05, 4.69) is 5.32 Å². The van der Waals surface area contributed by atoms with Crippen molar-refractivity contribution < 1.29 is 19.1 Å². The highest BCUT2D eigenvalue weighted by Gasteiger charge is 2.18. The highest BCUT2D eigenvalue weighted by atomic mass is 16.5. The Morgan fingerprint density at radius 2 is 1.73 bits per heavy atom. The van der Waals surface area contributed by atoms with E-state index in [1.54, 1.807) is 31.2 Å². The first kappa shape index (κ1) is 17.5. The number of carbonyl (C=O) groups excluding carboxylic acids is 2. The van der Waals surface area contributed by atoms with Crippen LogP contribution >= 0.6 is 0 Å². The lowest BCUT2D eigenvalue weighted by Gasteiger charge is -2.17. The molecule has 0 aliphatic carbocycles. The Balaban J connectivity index is 1.81. The van der Waals surface area contributed by atoms with Crippen LogP contribution in [0.25, 0.3) is 10.8 Å². The second kappa shape index (κ2) is 7.70. The zero-order valence-electron chi connectivity index (χ0n) is 14.6. The number of methoxy groups -OCH3 is 1. The van der Waals surface area contributed by atoms with Crippen molar-refractivity contribution in [1.29, 1.82) is 0 Å². The second-order valence-electron chi connectivity index (χ2n) is 5.77. The average Bonchev–Trinajstić information content (AvgIpc) is 2.68. The van der Waals surface area contributed by atoms with Crippen LogP contribution < -0.4 is 14.8 Å². The number of para-hydroxylation sites is 2. The van der Waals surface area contributed by atoms with Crippen molar-refractivity contribution in [3.8, 4) is 11.5 Å². The zero-order valence-corrected chi connectivity index (χ0v) is 14.6. The van der Waals surface area contributed by atoms with Gasteiger partial charge in [-0.3, -0.25) is 9.59 Å². The zero-order chi connectivity index (χ0) is 18.5. The van der Waals surface area contributed by atoms with Crippen LogP contribution in [0.2, 0.25) is 0 Å². The van der Waals surface area contributed by atoms with Crippen molar-refractivity contribution in [2.45, 2.75) is 13.0 Å². The highest BCUT2D eigenvalue weighted by molar-refractivity contribution is 6.01. The van der Waals surface area contributed by atoms with Crippen molar-refractivity contribution in [2.75, 3.05) is 12.4 Å². The van der Waals surface area contributed by atoms with Gasteiger partial charge in [0.2, 0.25) is 0 Å². The first-order valence-corrected chi connectivity index (χ1v) is 8.21. The van der Waals surface area contributed by atoms with Crippen molar-refractivity contribution >= 4 is 28.7 Å². The molecule has 5 heteroatoms. The molecule has 0 saturated heterocycles. The van der Waals surface area contributed by atoms with Gasteiger partial charge < -0.3 is 14.8 Å². The normalized spacial score (nSPS) is 11.6. The summed E-state index contributed by atoms with van der Waals surface area (Å²) in [5.74, 6) is 0.605. The second-order valence-corrected chi connectivity index (χ2v) is 5.77. The molecule has 26 heavy (non-hydrogen) atoms. The summed E-state index contributed by atoms with van der Waals surface area (Å²) in [7, 11) is 1.54. The number of anilines is 1. The van der Waals surface area contributed by atoms with Gasteiger partial charge in [0, 0.05) is 0 Å². The molecule has 1 N–H and O–H groups in total. The van der Waals surface area contributed by atoms with Crippen LogP contribution in [0.3, 0.4) is 0 Å². The third-order valence-electron chi connectivity index (χ3n) is 4.09. The van der Waals surface area contributed by atoms with Gasteiger partial charge in [0.05, 0.1) is 18.4 Å². The fourth-order valence-electron chi connectivity index (χ4n) is 2.73. The fraction of sp³-hybridized carbons (Fsp3) is 0.143. The Hall–Kier alpha value is -3.34. The molecular formula is C21H19NO4. The van der Waals surface area contributed by atoms with Crippen LogP contribution in [0.15, 0.2) is 60.7 Å². The minimum absolute atomic E-state index is 0.334. The molecular weight excluding hydrogens is 330 g/mol. The number of aldehydes is 1. The SMILES string of the molecule is COc1ccccc1NC(=O)[C@H](C)Oc1ccc2ccccc2c1C=O. The van der Waals surface area contributed by atoms with Crippen molar-refractivity contribution in [3.63, 3.8) is 0 Å². The van der Waals surface area contributed by atoms with E-state index in [9.17, 15) is 9.59 Å². The molecule has 0 saturated carbocycles. The lowest BCUT2D eigenvalue weighted by molar-refractivity contribution is -0.122. The molecule has 0 aliphatic rings. The molecule has 5 nitrogen and oxygen atoms in total. The lowest BCUT2D eigenvalue weighted by atomic mass is 10.0. The summed E-state index contributed by atoms with van der Waals surface area (Å²) in [6.07, 6.45) is -0.0394. The topological polar surface area (TPSA) is 64.6 Å². The van der Waals surface area contributed by atoms with E-state index in [1.165, 1.54) is 7.11 Å². The molecule has 0 radical (unpaired) electrons. The smallest absolute Gasteiger partial charge is 0.265 e. The van der Waals surface area contributed by atoms with Crippen LogP contribution in [0.1, 0.15) is 17.3 Å². The molecule has 3 aromatic rings. The number of hydrogen-bond acceptors (Lipinski definition) is 4. The Kier molecular flexibility index (Phi) is 5.17. The van der Waals surface area contributed by atoms with Crippen LogP contribution in [-0.2, 0) is 4.79 Å². The third kappa shape index (κ3) is 3.52. The van der Waals surface area contributed by atoms with E-state index in [-0.39, 0.29) is 5.91 Å². The standard InChI is InChI=1S/C21H19NO4/c1-14(21(24)22-18-9-5-6-10-20(18)25-2)26-19-12-11-15-7-3-4-8-16(15)17(19)13-23/h3-14H,1-2H3,(H,22,24)/t14-/m0/s1.